The van der Waals surface area contributed by atoms with Crippen LogP contribution >= 0.6 is 0 Å². The molecule has 0 unspecified atom stereocenters. The van der Waals surface area contributed by atoms with Gasteiger partial charge in [-0.3, -0.25) is 4.79 Å². The standard InChI is InChI=1S/C12H16F3N3O2/c1-2-20-11(19)4-3-5-17-9-6-10(12(13,14)15)18-7-8(9)16/h6-7H,2-5,16H2,1H3,(H,17,18). The number of nitrogens with two attached hydrogens (primary N) is 1. The molecule has 0 bridgehead atoms. The van der Waals surface area contributed by atoms with E-state index >= 15 is 0 Å². The number of nitrogens with one attached hydrogen (secondary N) is 1. The second-order valence-corrected chi connectivity index (χ2v) is 3.99. The van der Waals surface area contributed by atoms with E-state index in [0.29, 0.717) is 19.6 Å². The summed E-state index contributed by atoms with van der Waals surface area (Å²) in [4.78, 5) is 14.3. The monoisotopic (exact) mass is 291 g/mol. The van der Waals surface area contributed by atoms with Crippen LogP contribution in [0, 0.1) is 0 Å². The van der Waals surface area contributed by atoms with Gasteiger partial charge in [-0.05, 0) is 19.4 Å². The first-order valence-electron chi connectivity index (χ1n) is 6.06. The first-order valence-corrected chi connectivity index (χ1v) is 6.06. The van der Waals surface area contributed by atoms with E-state index in [1.807, 2.05) is 0 Å². The topological polar surface area (TPSA) is 77.2 Å². The molecule has 1 heterocycles. The fourth-order valence-corrected chi connectivity index (χ4v) is 1.46. The van der Waals surface area contributed by atoms with Gasteiger partial charge in [0.05, 0.1) is 24.2 Å². The maximum atomic E-state index is 12.5. The van der Waals surface area contributed by atoms with Crippen LogP contribution in [0.2, 0.25) is 0 Å². The molecule has 20 heavy (non-hydrogen) atoms. The molecule has 0 amide bonds. The Kier molecular flexibility index (Phi) is 5.60. The van der Waals surface area contributed by atoms with Crippen molar-refractivity contribution in [3.8, 4) is 0 Å². The van der Waals surface area contributed by atoms with Crippen molar-refractivity contribution in [3.63, 3.8) is 0 Å². The average Bonchev–Trinajstić information content (AvgIpc) is 2.35. The lowest BCUT2D eigenvalue weighted by molar-refractivity contribution is -0.143. The van der Waals surface area contributed by atoms with Crippen LogP contribution in [0.25, 0.3) is 0 Å². The number of ether oxygens (including phenoxy) is 1. The van der Waals surface area contributed by atoms with Crippen molar-refractivity contribution < 1.29 is 22.7 Å². The molecule has 0 saturated carbocycles. The van der Waals surface area contributed by atoms with E-state index in [4.69, 9.17) is 10.5 Å². The van der Waals surface area contributed by atoms with E-state index in [1.165, 1.54) is 0 Å². The highest BCUT2D eigenvalue weighted by Crippen LogP contribution is 2.30. The summed E-state index contributed by atoms with van der Waals surface area (Å²) in [5.41, 5.74) is 4.79. The third kappa shape index (κ3) is 4.94. The summed E-state index contributed by atoms with van der Waals surface area (Å²) in [7, 11) is 0. The van der Waals surface area contributed by atoms with Gasteiger partial charge in [0.1, 0.15) is 5.69 Å². The zero-order valence-corrected chi connectivity index (χ0v) is 11.0. The maximum absolute atomic E-state index is 12.5. The minimum Gasteiger partial charge on any atom is -0.466 e. The molecule has 0 atom stereocenters. The molecule has 0 saturated heterocycles. The van der Waals surface area contributed by atoms with Crippen molar-refractivity contribution in [2.45, 2.75) is 25.9 Å². The molecule has 1 rings (SSSR count). The number of nitrogen functional groups attached to an aromatic ring is 1. The van der Waals surface area contributed by atoms with Crippen molar-refractivity contribution in [1.29, 1.82) is 0 Å². The Balaban J connectivity index is 2.53. The smallest absolute Gasteiger partial charge is 0.433 e. The van der Waals surface area contributed by atoms with Crippen LogP contribution in [-0.2, 0) is 15.7 Å². The average molecular weight is 291 g/mol. The highest BCUT2D eigenvalue weighted by molar-refractivity contribution is 5.69. The third-order valence-electron chi connectivity index (χ3n) is 2.40. The van der Waals surface area contributed by atoms with Crippen LogP contribution in [0.5, 0.6) is 0 Å². The summed E-state index contributed by atoms with van der Waals surface area (Å²) in [5.74, 6) is -0.340. The number of nitrogens with zero attached hydrogens (tertiary/aromatic N) is 1. The Morgan fingerprint density at radius 2 is 2.20 bits per heavy atom. The molecule has 3 N–H and O–H groups in total. The van der Waals surface area contributed by atoms with E-state index in [0.717, 1.165) is 12.3 Å². The molecule has 1 aromatic rings. The van der Waals surface area contributed by atoms with Crippen molar-refractivity contribution in [3.05, 3.63) is 18.0 Å². The zero-order valence-electron chi connectivity index (χ0n) is 11.0. The molecular formula is C12H16F3N3O2. The predicted octanol–water partition coefficient (Wildman–Crippen LogP) is 2.44. The molecule has 5 nitrogen and oxygen atoms in total. The van der Waals surface area contributed by atoms with Gasteiger partial charge in [-0.25, -0.2) is 4.98 Å². The van der Waals surface area contributed by atoms with Crippen LogP contribution in [0.3, 0.4) is 0 Å². The van der Waals surface area contributed by atoms with E-state index in [9.17, 15) is 18.0 Å². The molecule has 0 aliphatic carbocycles. The number of carbonyl (C=O) groups excluding carboxylic acids is 1. The summed E-state index contributed by atoms with van der Waals surface area (Å²) in [5, 5.41) is 2.75. The van der Waals surface area contributed by atoms with Gasteiger partial charge in [-0.2, -0.15) is 13.2 Å². The van der Waals surface area contributed by atoms with Gasteiger partial charge >= 0.3 is 12.1 Å². The minimum atomic E-state index is -4.52. The molecule has 0 aromatic carbocycles. The number of hydrogen-bond acceptors (Lipinski definition) is 5. The Morgan fingerprint density at radius 1 is 1.50 bits per heavy atom. The van der Waals surface area contributed by atoms with Crippen molar-refractivity contribution in [2.75, 3.05) is 24.2 Å². The summed E-state index contributed by atoms with van der Waals surface area (Å²) >= 11 is 0. The Bertz CT molecular complexity index is 464. The lowest BCUT2D eigenvalue weighted by Crippen LogP contribution is -2.12. The Labute approximate surface area is 114 Å². The molecular weight excluding hydrogens is 275 g/mol. The number of hydrogen-bond donors (Lipinski definition) is 2. The SMILES string of the molecule is CCOC(=O)CCCNc1cc(C(F)(F)F)ncc1N. The van der Waals surface area contributed by atoms with Gasteiger partial charge in [-0.1, -0.05) is 0 Å². The number of halogens is 3. The molecule has 0 spiro atoms. The molecule has 0 aliphatic heterocycles. The number of alkyl halides is 3. The van der Waals surface area contributed by atoms with Gasteiger partial charge in [-0.15, -0.1) is 0 Å². The number of rotatable bonds is 6. The minimum absolute atomic E-state index is 0.120. The first kappa shape index (κ1) is 16.1. The van der Waals surface area contributed by atoms with Crippen LogP contribution in [-0.4, -0.2) is 24.1 Å². The molecule has 0 aliphatic rings. The second-order valence-electron chi connectivity index (χ2n) is 3.99. The van der Waals surface area contributed by atoms with E-state index < -0.39 is 11.9 Å². The van der Waals surface area contributed by atoms with Gasteiger partial charge in [0.2, 0.25) is 0 Å². The third-order valence-corrected chi connectivity index (χ3v) is 2.40. The van der Waals surface area contributed by atoms with Crippen molar-refractivity contribution >= 4 is 17.3 Å². The molecule has 0 radical (unpaired) electrons. The second kappa shape index (κ2) is 6.97. The van der Waals surface area contributed by atoms with Crippen LogP contribution < -0.4 is 11.1 Å². The quantitative estimate of drug-likeness (QED) is 0.622. The summed E-state index contributed by atoms with van der Waals surface area (Å²) < 4.78 is 42.2. The Hall–Kier alpha value is -1.99. The number of anilines is 2. The molecule has 8 heteroatoms. The van der Waals surface area contributed by atoms with E-state index in [-0.39, 0.29) is 23.8 Å². The largest absolute Gasteiger partial charge is 0.466 e. The lowest BCUT2D eigenvalue weighted by Gasteiger charge is -2.12. The normalized spacial score (nSPS) is 11.2. The van der Waals surface area contributed by atoms with Gasteiger partial charge < -0.3 is 15.8 Å². The molecule has 112 valence electrons. The maximum Gasteiger partial charge on any atom is 0.433 e. The van der Waals surface area contributed by atoms with E-state index in [2.05, 4.69) is 10.3 Å². The fourth-order valence-electron chi connectivity index (χ4n) is 1.46. The highest BCUT2D eigenvalue weighted by Gasteiger charge is 2.32. The number of carbonyl (C=O) groups is 1. The van der Waals surface area contributed by atoms with Crippen LogP contribution in [0.1, 0.15) is 25.5 Å². The van der Waals surface area contributed by atoms with Crippen molar-refractivity contribution in [1.82, 2.24) is 4.98 Å². The van der Waals surface area contributed by atoms with Crippen LogP contribution in [0.4, 0.5) is 24.5 Å². The van der Waals surface area contributed by atoms with Gasteiger partial charge in [0.15, 0.2) is 0 Å². The molecule has 1 aromatic heterocycles. The lowest BCUT2D eigenvalue weighted by atomic mass is 10.2. The summed E-state index contributed by atoms with van der Waals surface area (Å²) in [6.45, 7) is 2.31. The first-order chi connectivity index (χ1) is 9.34. The number of pyridine rings is 1. The summed E-state index contributed by atoms with van der Waals surface area (Å²) in [6.07, 6.45) is -2.94. The summed E-state index contributed by atoms with van der Waals surface area (Å²) in [6, 6.07) is 0.847. The van der Waals surface area contributed by atoms with Gasteiger partial charge in [0.25, 0.3) is 0 Å². The fraction of sp³-hybridized carbons (Fsp3) is 0.500. The Morgan fingerprint density at radius 3 is 2.80 bits per heavy atom. The highest BCUT2D eigenvalue weighted by atomic mass is 19.4. The number of esters is 1. The molecule has 0 fully saturated rings. The van der Waals surface area contributed by atoms with Crippen molar-refractivity contribution in [2.24, 2.45) is 0 Å². The number of aromatic nitrogens is 1. The van der Waals surface area contributed by atoms with Crippen LogP contribution in [0.15, 0.2) is 12.3 Å². The van der Waals surface area contributed by atoms with Gasteiger partial charge in [0, 0.05) is 13.0 Å². The van der Waals surface area contributed by atoms with E-state index in [1.54, 1.807) is 6.92 Å². The zero-order chi connectivity index (χ0) is 15.2. The predicted molar refractivity (Wildman–Crippen MR) is 68.0 cm³/mol.